The summed E-state index contributed by atoms with van der Waals surface area (Å²) in [7, 11) is 0. The van der Waals surface area contributed by atoms with Crippen molar-refractivity contribution in [3.05, 3.63) is 60.2 Å². The molecule has 2 amide bonds. The largest absolute Gasteiger partial charge is 0.352 e. The molecular formula is C17H20N4O2. The molecule has 6 nitrogen and oxygen atoms in total. The number of hydrogen-bond donors (Lipinski definition) is 2. The number of nitrogens with zero attached hydrogens (tertiary/aromatic N) is 2. The Kier molecular flexibility index (Phi) is 6.71. The lowest BCUT2D eigenvalue weighted by Gasteiger charge is -2.06. The highest BCUT2D eigenvalue weighted by atomic mass is 16.2. The Hall–Kier alpha value is -2.76. The van der Waals surface area contributed by atoms with Crippen molar-refractivity contribution >= 4 is 11.8 Å². The van der Waals surface area contributed by atoms with Gasteiger partial charge in [0.2, 0.25) is 11.8 Å². The highest BCUT2D eigenvalue weighted by Crippen LogP contribution is 2.00. The van der Waals surface area contributed by atoms with Gasteiger partial charge in [-0.15, -0.1) is 0 Å². The summed E-state index contributed by atoms with van der Waals surface area (Å²) in [5.41, 5.74) is 2.01. The van der Waals surface area contributed by atoms with Crippen molar-refractivity contribution in [2.24, 2.45) is 0 Å². The fourth-order valence-corrected chi connectivity index (χ4v) is 1.99. The van der Waals surface area contributed by atoms with Crippen LogP contribution < -0.4 is 10.6 Å². The van der Waals surface area contributed by atoms with Crippen LogP contribution in [-0.4, -0.2) is 21.8 Å². The van der Waals surface area contributed by atoms with Crippen molar-refractivity contribution in [3.8, 4) is 0 Å². The van der Waals surface area contributed by atoms with E-state index in [1.54, 1.807) is 24.8 Å². The summed E-state index contributed by atoms with van der Waals surface area (Å²) in [5.74, 6) is -0.104. The zero-order chi connectivity index (χ0) is 16.3. The number of carbonyl (C=O) groups is 2. The summed E-state index contributed by atoms with van der Waals surface area (Å²) in [6.45, 7) is 0.963. The van der Waals surface area contributed by atoms with Gasteiger partial charge in [-0.3, -0.25) is 19.6 Å². The first kappa shape index (κ1) is 16.6. The van der Waals surface area contributed by atoms with Gasteiger partial charge in [0.05, 0.1) is 0 Å². The first-order chi connectivity index (χ1) is 11.2. The summed E-state index contributed by atoms with van der Waals surface area (Å²) in [6.07, 6.45) is 7.97. The van der Waals surface area contributed by atoms with Crippen LogP contribution in [0.25, 0.3) is 0 Å². The number of carbonyl (C=O) groups excluding carboxylic acids is 2. The average Bonchev–Trinajstić information content (AvgIpc) is 2.60. The second kappa shape index (κ2) is 9.30. The monoisotopic (exact) mass is 312 g/mol. The molecule has 6 heteroatoms. The molecule has 0 fully saturated rings. The van der Waals surface area contributed by atoms with Crippen LogP contribution in [0.15, 0.2) is 49.1 Å². The van der Waals surface area contributed by atoms with Gasteiger partial charge in [-0.05, 0) is 41.8 Å². The fourth-order valence-electron chi connectivity index (χ4n) is 1.99. The Balaban J connectivity index is 1.57. The molecule has 2 N–H and O–H groups in total. The predicted molar refractivity (Wildman–Crippen MR) is 86.0 cm³/mol. The van der Waals surface area contributed by atoms with Crippen molar-refractivity contribution in [2.45, 2.75) is 32.4 Å². The van der Waals surface area contributed by atoms with Crippen LogP contribution in [0, 0.1) is 0 Å². The standard InChI is InChI=1S/C17H20N4O2/c22-16(20-12-14-4-8-18-9-5-14)2-1-3-17(23)21-13-15-6-10-19-11-7-15/h4-11H,1-3,12-13H2,(H,20,22)(H,21,23). The van der Waals surface area contributed by atoms with E-state index in [0.29, 0.717) is 32.4 Å². The molecule has 0 aliphatic heterocycles. The van der Waals surface area contributed by atoms with Crippen LogP contribution in [0.4, 0.5) is 0 Å². The molecule has 23 heavy (non-hydrogen) atoms. The lowest BCUT2D eigenvalue weighted by atomic mass is 10.2. The highest BCUT2D eigenvalue weighted by Gasteiger charge is 2.05. The van der Waals surface area contributed by atoms with Crippen LogP contribution >= 0.6 is 0 Å². The van der Waals surface area contributed by atoms with Crippen LogP contribution in [-0.2, 0) is 22.7 Å². The van der Waals surface area contributed by atoms with Crippen LogP contribution in [0.5, 0.6) is 0 Å². The molecular weight excluding hydrogens is 292 g/mol. The van der Waals surface area contributed by atoms with Crippen molar-refractivity contribution in [3.63, 3.8) is 0 Å². The number of aromatic nitrogens is 2. The molecule has 0 bridgehead atoms. The van der Waals surface area contributed by atoms with E-state index in [1.807, 2.05) is 24.3 Å². The third-order valence-electron chi connectivity index (χ3n) is 3.29. The molecule has 0 unspecified atom stereocenters. The molecule has 2 heterocycles. The minimum absolute atomic E-state index is 0.0521. The van der Waals surface area contributed by atoms with Gasteiger partial charge in [0.15, 0.2) is 0 Å². The molecule has 0 radical (unpaired) electrons. The maximum atomic E-state index is 11.7. The predicted octanol–water partition coefficient (Wildman–Crippen LogP) is 1.58. The Morgan fingerprint density at radius 3 is 1.52 bits per heavy atom. The van der Waals surface area contributed by atoms with Gasteiger partial charge in [0, 0.05) is 50.7 Å². The topological polar surface area (TPSA) is 84.0 Å². The third kappa shape index (κ3) is 6.69. The van der Waals surface area contributed by atoms with E-state index in [-0.39, 0.29) is 11.8 Å². The Labute approximate surface area is 135 Å². The van der Waals surface area contributed by atoms with Crippen LogP contribution in [0.2, 0.25) is 0 Å². The Morgan fingerprint density at radius 2 is 1.13 bits per heavy atom. The number of hydrogen-bond acceptors (Lipinski definition) is 4. The van der Waals surface area contributed by atoms with Gasteiger partial charge in [-0.25, -0.2) is 0 Å². The van der Waals surface area contributed by atoms with E-state index in [0.717, 1.165) is 11.1 Å². The number of amides is 2. The summed E-state index contributed by atoms with van der Waals surface area (Å²) in [5, 5.41) is 5.65. The maximum Gasteiger partial charge on any atom is 0.220 e. The molecule has 0 spiro atoms. The molecule has 120 valence electrons. The van der Waals surface area contributed by atoms with Crippen molar-refractivity contribution in [1.82, 2.24) is 20.6 Å². The van der Waals surface area contributed by atoms with Gasteiger partial charge < -0.3 is 10.6 Å². The molecule has 0 atom stereocenters. The molecule has 0 saturated carbocycles. The van der Waals surface area contributed by atoms with E-state index < -0.39 is 0 Å². The minimum atomic E-state index is -0.0521. The minimum Gasteiger partial charge on any atom is -0.352 e. The number of rotatable bonds is 8. The van der Waals surface area contributed by atoms with Crippen LogP contribution in [0.3, 0.4) is 0 Å². The normalized spacial score (nSPS) is 10.1. The SMILES string of the molecule is O=C(CCCC(=O)NCc1ccncc1)NCc1ccncc1. The Morgan fingerprint density at radius 1 is 0.739 bits per heavy atom. The third-order valence-corrected chi connectivity index (χ3v) is 3.29. The molecule has 0 saturated heterocycles. The van der Waals surface area contributed by atoms with Gasteiger partial charge in [-0.1, -0.05) is 0 Å². The van der Waals surface area contributed by atoms with Gasteiger partial charge in [0.1, 0.15) is 0 Å². The zero-order valence-electron chi connectivity index (χ0n) is 12.9. The van der Waals surface area contributed by atoms with Gasteiger partial charge in [-0.2, -0.15) is 0 Å². The van der Waals surface area contributed by atoms with E-state index >= 15 is 0 Å². The van der Waals surface area contributed by atoms with Gasteiger partial charge in [0.25, 0.3) is 0 Å². The smallest absolute Gasteiger partial charge is 0.220 e. The lowest BCUT2D eigenvalue weighted by Crippen LogP contribution is -2.25. The molecule has 0 aliphatic carbocycles. The summed E-state index contributed by atoms with van der Waals surface area (Å²) in [4.78, 5) is 31.3. The molecule has 0 aromatic carbocycles. The first-order valence-electron chi connectivity index (χ1n) is 7.55. The average molecular weight is 312 g/mol. The molecule has 2 aromatic rings. The molecule has 2 aromatic heterocycles. The highest BCUT2D eigenvalue weighted by molar-refractivity contribution is 5.78. The van der Waals surface area contributed by atoms with E-state index in [2.05, 4.69) is 20.6 Å². The molecule has 2 rings (SSSR count). The number of pyridine rings is 2. The van der Waals surface area contributed by atoms with Crippen LogP contribution in [0.1, 0.15) is 30.4 Å². The van der Waals surface area contributed by atoms with E-state index in [4.69, 9.17) is 0 Å². The second-order valence-electron chi connectivity index (χ2n) is 5.12. The summed E-state index contributed by atoms with van der Waals surface area (Å²) >= 11 is 0. The number of nitrogens with one attached hydrogen (secondary N) is 2. The van der Waals surface area contributed by atoms with Crippen molar-refractivity contribution in [2.75, 3.05) is 0 Å². The Bertz CT molecular complexity index is 562. The fraction of sp³-hybridized carbons (Fsp3) is 0.294. The quantitative estimate of drug-likeness (QED) is 0.775. The van der Waals surface area contributed by atoms with Crippen molar-refractivity contribution < 1.29 is 9.59 Å². The van der Waals surface area contributed by atoms with E-state index in [1.165, 1.54) is 0 Å². The van der Waals surface area contributed by atoms with E-state index in [9.17, 15) is 9.59 Å². The van der Waals surface area contributed by atoms with Crippen molar-refractivity contribution in [1.29, 1.82) is 0 Å². The summed E-state index contributed by atoms with van der Waals surface area (Å²) in [6, 6.07) is 7.42. The van der Waals surface area contributed by atoms with Gasteiger partial charge >= 0.3 is 0 Å². The zero-order valence-corrected chi connectivity index (χ0v) is 12.9. The summed E-state index contributed by atoms with van der Waals surface area (Å²) < 4.78 is 0. The lowest BCUT2D eigenvalue weighted by molar-refractivity contribution is -0.122. The molecule has 0 aliphatic rings. The second-order valence-corrected chi connectivity index (χ2v) is 5.12. The first-order valence-corrected chi connectivity index (χ1v) is 7.55. The maximum absolute atomic E-state index is 11.7.